The van der Waals surface area contributed by atoms with Gasteiger partial charge in [0.15, 0.2) is 0 Å². The largest absolute Gasteiger partial charge is 0.329 e. The molecule has 2 unspecified atom stereocenters. The van der Waals surface area contributed by atoms with Crippen molar-refractivity contribution in [3.8, 4) is 0 Å². The number of likely N-dealkylation sites (tertiary alicyclic amines) is 1. The van der Waals surface area contributed by atoms with Crippen molar-refractivity contribution in [2.24, 2.45) is 11.7 Å². The average molecular weight is 342 g/mol. The summed E-state index contributed by atoms with van der Waals surface area (Å²) in [5.41, 5.74) is 8.20. The number of pyridine rings is 1. The Labute approximate surface area is 145 Å². The molecule has 0 amide bonds. The number of aromatic nitrogens is 1. The Bertz CT molecular complexity index is 591. The quantitative estimate of drug-likeness (QED) is 0.926. The SMILES string of the molecule is CC1CCCN(Cc2ccc3ccccc3n2)C1CN.Cl.Cl. The number of fused-ring (bicyclic) bond motifs is 1. The van der Waals surface area contributed by atoms with Gasteiger partial charge in [0.05, 0.1) is 11.2 Å². The van der Waals surface area contributed by atoms with Gasteiger partial charge in [-0.15, -0.1) is 24.8 Å². The first-order chi connectivity index (χ1) is 9.78. The minimum absolute atomic E-state index is 0. The van der Waals surface area contributed by atoms with Gasteiger partial charge in [0, 0.05) is 24.5 Å². The van der Waals surface area contributed by atoms with Crippen LogP contribution in [0, 0.1) is 5.92 Å². The topological polar surface area (TPSA) is 42.2 Å². The molecule has 0 aliphatic carbocycles. The first-order valence-electron chi connectivity index (χ1n) is 7.56. The highest BCUT2D eigenvalue weighted by Crippen LogP contribution is 2.24. The van der Waals surface area contributed by atoms with E-state index in [1.807, 2.05) is 6.07 Å². The van der Waals surface area contributed by atoms with Crippen molar-refractivity contribution in [2.45, 2.75) is 32.4 Å². The third kappa shape index (κ3) is 4.11. The van der Waals surface area contributed by atoms with Gasteiger partial charge in [0.25, 0.3) is 0 Å². The molecule has 1 fully saturated rings. The molecular weight excluding hydrogens is 317 g/mol. The average Bonchev–Trinajstić information content (AvgIpc) is 2.47. The lowest BCUT2D eigenvalue weighted by atomic mass is 9.90. The molecule has 2 N–H and O–H groups in total. The molecule has 2 heterocycles. The number of benzene rings is 1. The molecule has 1 saturated heterocycles. The fourth-order valence-electron chi connectivity index (χ4n) is 3.32. The Morgan fingerprint density at radius 3 is 2.73 bits per heavy atom. The highest BCUT2D eigenvalue weighted by Gasteiger charge is 2.27. The van der Waals surface area contributed by atoms with Crippen molar-refractivity contribution in [1.29, 1.82) is 0 Å². The van der Waals surface area contributed by atoms with Crippen LogP contribution in [0.1, 0.15) is 25.5 Å². The number of para-hydroxylation sites is 1. The summed E-state index contributed by atoms with van der Waals surface area (Å²) < 4.78 is 0. The van der Waals surface area contributed by atoms with E-state index >= 15 is 0 Å². The number of hydrogen-bond donors (Lipinski definition) is 1. The van der Waals surface area contributed by atoms with Crippen molar-refractivity contribution in [3.05, 3.63) is 42.1 Å². The van der Waals surface area contributed by atoms with Gasteiger partial charge in [-0.2, -0.15) is 0 Å². The second-order valence-corrected chi connectivity index (χ2v) is 5.89. The molecule has 2 atom stereocenters. The van der Waals surface area contributed by atoms with Crippen LogP contribution in [0.25, 0.3) is 10.9 Å². The van der Waals surface area contributed by atoms with Crippen LogP contribution in [0.15, 0.2) is 36.4 Å². The van der Waals surface area contributed by atoms with Crippen molar-refractivity contribution >= 4 is 35.7 Å². The molecule has 122 valence electrons. The van der Waals surface area contributed by atoms with Crippen LogP contribution in [-0.4, -0.2) is 29.0 Å². The van der Waals surface area contributed by atoms with E-state index in [4.69, 9.17) is 10.7 Å². The zero-order valence-electron chi connectivity index (χ0n) is 12.9. The van der Waals surface area contributed by atoms with Crippen molar-refractivity contribution < 1.29 is 0 Å². The summed E-state index contributed by atoms with van der Waals surface area (Å²) in [6, 6.07) is 13.1. The number of piperidine rings is 1. The molecule has 1 aromatic carbocycles. The summed E-state index contributed by atoms with van der Waals surface area (Å²) in [5.74, 6) is 0.689. The lowest BCUT2D eigenvalue weighted by molar-refractivity contribution is 0.0979. The molecule has 0 bridgehead atoms. The smallest absolute Gasteiger partial charge is 0.0705 e. The number of nitrogens with two attached hydrogens (primary N) is 1. The lowest BCUT2D eigenvalue weighted by Gasteiger charge is -2.39. The van der Waals surface area contributed by atoms with Crippen LogP contribution in [0.5, 0.6) is 0 Å². The van der Waals surface area contributed by atoms with E-state index in [1.54, 1.807) is 0 Å². The second kappa shape index (κ2) is 8.68. The molecule has 0 radical (unpaired) electrons. The summed E-state index contributed by atoms with van der Waals surface area (Å²) in [6.07, 6.45) is 2.56. The summed E-state index contributed by atoms with van der Waals surface area (Å²) in [6.45, 7) is 5.12. The van der Waals surface area contributed by atoms with Gasteiger partial charge >= 0.3 is 0 Å². The van der Waals surface area contributed by atoms with E-state index in [1.165, 1.54) is 18.2 Å². The van der Waals surface area contributed by atoms with Crippen LogP contribution in [-0.2, 0) is 6.54 Å². The van der Waals surface area contributed by atoms with Gasteiger partial charge in [-0.1, -0.05) is 31.2 Å². The lowest BCUT2D eigenvalue weighted by Crippen LogP contribution is -2.48. The first-order valence-corrected chi connectivity index (χ1v) is 7.56. The molecule has 22 heavy (non-hydrogen) atoms. The second-order valence-electron chi connectivity index (χ2n) is 5.89. The van der Waals surface area contributed by atoms with E-state index in [0.29, 0.717) is 12.0 Å². The molecule has 2 aromatic rings. The molecule has 0 saturated carbocycles. The molecule has 1 aromatic heterocycles. The number of halogens is 2. The molecule has 3 rings (SSSR count). The third-order valence-electron chi connectivity index (χ3n) is 4.49. The molecular formula is C17H25Cl2N3. The van der Waals surface area contributed by atoms with E-state index in [2.05, 4.69) is 42.2 Å². The molecule has 5 heteroatoms. The van der Waals surface area contributed by atoms with Gasteiger partial charge in [-0.25, -0.2) is 0 Å². The van der Waals surface area contributed by atoms with Crippen LogP contribution in [0.4, 0.5) is 0 Å². The van der Waals surface area contributed by atoms with Crippen molar-refractivity contribution in [3.63, 3.8) is 0 Å². The fraction of sp³-hybridized carbons (Fsp3) is 0.471. The Morgan fingerprint density at radius 1 is 1.18 bits per heavy atom. The maximum atomic E-state index is 5.97. The van der Waals surface area contributed by atoms with Gasteiger partial charge in [-0.3, -0.25) is 9.88 Å². The van der Waals surface area contributed by atoms with Gasteiger partial charge in [0.1, 0.15) is 0 Å². The number of rotatable bonds is 3. The van der Waals surface area contributed by atoms with Crippen molar-refractivity contribution in [2.75, 3.05) is 13.1 Å². The third-order valence-corrected chi connectivity index (χ3v) is 4.49. The Hall–Kier alpha value is -0.870. The van der Waals surface area contributed by atoms with E-state index in [9.17, 15) is 0 Å². The van der Waals surface area contributed by atoms with Crippen molar-refractivity contribution in [1.82, 2.24) is 9.88 Å². The Kier molecular flexibility index (Phi) is 7.57. The molecule has 1 aliphatic heterocycles. The Balaban J connectivity index is 0.00000121. The number of hydrogen-bond acceptors (Lipinski definition) is 3. The summed E-state index contributed by atoms with van der Waals surface area (Å²) in [7, 11) is 0. The highest BCUT2D eigenvalue weighted by atomic mass is 35.5. The van der Waals surface area contributed by atoms with Crippen LogP contribution < -0.4 is 5.73 Å². The maximum Gasteiger partial charge on any atom is 0.0705 e. The zero-order chi connectivity index (χ0) is 13.9. The van der Waals surface area contributed by atoms with E-state index in [-0.39, 0.29) is 24.8 Å². The Morgan fingerprint density at radius 2 is 1.95 bits per heavy atom. The summed E-state index contributed by atoms with van der Waals surface area (Å²) >= 11 is 0. The zero-order valence-corrected chi connectivity index (χ0v) is 14.6. The monoisotopic (exact) mass is 341 g/mol. The van der Waals surface area contributed by atoms with Gasteiger partial charge in [0.2, 0.25) is 0 Å². The number of nitrogens with zero attached hydrogens (tertiary/aromatic N) is 2. The van der Waals surface area contributed by atoms with Gasteiger partial charge < -0.3 is 5.73 Å². The fourth-order valence-corrected chi connectivity index (χ4v) is 3.32. The molecule has 0 spiro atoms. The molecule has 3 nitrogen and oxygen atoms in total. The molecule has 1 aliphatic rings. The predicted octanol–water partition coefficient (Wildman–Crippen LogP) is 3.64. The summed E-state index contributed by atoms with van der Waals surface area (Å²) in [5, 5.41) is 1.21. The summed E-state index contributed by atoms with van der Waals surface area (Å²) in [4.78, 5) is 7.29. The van der Waals surface area contributed by atoms with Crippen LogP contribution >= 0.6 is 24.8 Å². The van der Waals surface area contributed by atoms with Crippen LogP contribution in [0.2, 0.25) is 0 Å². The minimum atomic E-state index is 0. The first kappa shape index (κ1) is 19.2. The van der Waals surface area contributed by atoms with Gasteiger partial charge in [-0.05, 0) is 37.4 Å². The minimum Gasteiger partial charge on any atom is -0.329 e. The van der Waals surface area contributed by atoms with Crippen LogP contribution in [0.3, 0.4) is 0 Å². The van der Waals surface area contributed by atoms with E-state index in [0.717, 1.165) is 30.8 Å². The maximum absolute atomic E-state index is 5.97. The highest BCUT2D eigenvalue weighted by molar-refractivity contribution is 5.85. The standard InChI is InChI=1S/C17H23N3.2ClH/c1-13-5-4-10-20(17(13)11-18)12-15-9-8-14-6-2-3-7-16(14)19-15;;/h2-3,6-9,13,17H,4-5,10-12,18H2,1H3;2*1H. The normalized spacial score (nSPS) is 21.9. The van der Waals surface area contributed by atoms with E-state index < -0.39 is 0 Å². The predicted molar refractivity (Wildman–Crippen MR) is 97.9 cm³/mol.